The summed E-state index contributed by atoms with van der Waals surface area (Å²) in [6.45, 7) is 2.42. The summed E-state index contributed by atoms with van der Waals surface area (Å²) >= 11 is 0. The second kappa shape index (κ2) is 13.1. The lowest BCUT2D eigenvalue weighted by atomic mass is 10.1. The summed E-state index contributed by atoms with van der Waals surface area (Å²) in [5.74, 6) is -1.16. The van der Waals surface area contributed by atoms with E-state index in [0.29, 0.717) is 18.9 Å². The van der Waals surface area contributed by atoms with Crippen molar-refractivity contribution in [3.8, 4) is 5.75 Å². The van der Waals surface area contributed by atoms with Crippen molar-refractivity contribution in [1.29, 1.82) is 0 Å². The van der Waals surface area contributed by atoms with Crippen LogP contribution in [0.25, 0.3) is 0 Å². The zero-order valence-electron chi connectivity index (χ0n) is 18.4. The first kappa shape index (κ1) is 24.9. The SMILES string of the molecule is CCOC(=O)CCN(Cc1ccccc1)C(=O)COc1ccc(CC(OC)C(=O)O)cc1. The lowest BCUT2D eigenvalue weighted by molar-refractivity contribution is -0.148. The van der Waals surface area contributed by atoms with Gasteiger partial charge in [0.2, 0.25) is 0 Å². The van der Waals surface area contributed by atoms with Crippen molar-refractivity contribution in [3.05, 3.63) is 65.7 Å². The highest BCUT2D eigenvalue weighted by Gasteiger charge is 2.18. The van der Waals surface area contributed by atoms with Gasteiger partial charge in [-0.1, -0.05) is 42.5 Å². The van der Waals surface area contributed by atoms with Crippen molar-refractivity contribution in [3.63, 3.8) is 0 Å². The molecule has 2 aromatic carbocycles. The molecule has 0 aliphatic rings. The van der Waals surface area contributed by atoms with E-state index in [9.17, 15) is 14.4 Å². The molecule has 0 radical (unpaired) electrons. The second-order valence-electron chi connectivity index (χ2n) is 7.06. The summed E-state index contributed by atoms with van der Waals surface area (Å²) in [5.41, 5.74) is 1.72. The lowest BCUT2D eigenvalue weighted by Gasteiger charge is -2.22. The molecule has 2 rings (SSSR count). The number of nitrogens with zero attached hydrogens (tertiary/aromatic N) is 1. The Labute approximate surface area is 187 Å². The molecule has 8 heteroatoms. The average molecular weight is 443 g/mol. The maximum absolute atomic E-state index is 12.8. The topological polar surface area (TPSA) is 102 Å². The number of esters is 1. The van der Waals surface area contributed by atoms with Gasteiger partial charge in [0.25, 0.3) is 5.91 Å². The lowest BCUT2D eigenvalue weighted by Crippen LogP contribution is -2.36. The molecule has 1 unspecified atom stereocenters. The van der Waals surface area contributed by atoms with Gasteiger partial charge in [0.05, 0.1) is 13.0 Å². The zero-order chi connectivity index (χ0) is 23.3. The van der Waals surface area contributed by atoms with Crippen LogP contribution in [0.4, 0.5) is 0 Å². The number of carbonyl (C=O) groups is 3. The van der Waals surface area contributed by atoms with Crippen LogP contribution in [0.15, 0.2) is 54.6 Å². The first-order chi connectivity index (χ1) is 15.4. The summed E-state index contributed by atoms with van der Waals surface area (Å²) in [6, 6.07) is 16.3. The molecule has 0 saturated carbocycles. The number of aliphatic carboxylic acids is 1. The zero-order valence-corrected chi connectivity index (χ0v) is 18.4. The predicted molar refractivity (Wildman–Crippen MR) is 117 cm³/mol. The fourth-order valence-corrected chi connectivity index (χ4v) is 3.00. The normalized spacial score (nSPS) is 11.4. The summed E-state index contributed by atoms with van der Waals surface area (Å²) in [6.07, 6.45) is -0.593. The minimum Gasteiger partial charge on any atom is -0.484 e. The molecule has 0 aromatic heterocycles. The fourth-order valence-electron chi connectivity index (χ4n) is 3.00. The fraction of sp³-hybridized carbons (Fsp3) is 0.375. The molecule has 8 nitrogen and oxygen atoms in total. The minimum atomic E-state index is -1.03. The summed E-state index contributed by atoms with van der Waals surface area (Å²) in [7, 11) is 1.35. The molecule has 0 fully saturated rings. The number of amides is 1. The van der Waals surface area contributed by atoms with Crippen molar-refractivity contribution in [1.82, 2.24) is 4.90 Å². The van der Waals surface area contributed by atoms with Crippen LogP contribution in [0.2, 0.25) is 0 Å². The van der Waals surface area contributed by atoms with Gasteiger partial charge in [-0.15, -0.1) is 0 Å². The van der Waals surface area contributed by atoms with Gasteiger partial charge in [0.15, 0.2) is 12.7 Å². The highest BCUT2D eigenvalue weighted by atomic mass is 16.5. The van der Waals surface area contributed by atoms with Crippen LogP contribution in [-0.2, 0) is 36.8 Å². The smallest absolute Gasteiger partial charge is 0.333 e. The van der Waals surface area contributed by atoms with E-state index in [2.05, 4.69) is 0 Å². The van der Waals surface area contributed by atoms with Crippen LogP contribution in [-0.4, -0.2) is 60.8 Å². The number of rotatable bonds is 13. The molecule has 1 amide bonds. The first-order valence-corrected chi connectivity index (χ1v) is 10.4. The van der Waals surface area contributed by atoms with E-state index in [1.165, 1.54) is 7.11 Å². The Hall–Kier alpha value is -3.39. The average Bonchev–Trinajstić information content (AvgIpc) is 2.80. The minimum absolute atomic E-state index is 0.103. The molecular formula is C24H29NO7. The molecule has 0 spiro atoms. The number of methoxy groups -OCH3 is 1. The third-order valence-corrected chi connectivity index (χ3v) is 4.73. The van der Waals surface area contributed by atoms with Gasteiger partial charge in [-0.25, -0.2) is 4.79 Å². The van der Waals surface area contributed by atoms with Crippen molar-refractivity contribution < 1.29 is 33.7 Å². The van der Waals surface area contributed by atoms with Gasteiger partial charge in [-0.2, -0.15) is 0 Å². The Kier molecular flexibility index (Phi) is 10.2. The molecule has 1 atom stereocenters. The number of hydrogen-bond acceptors (Lipinski definition) is 6. The van der Waals surface area contributed by atoms with E-state index in [0.717, 1.165) is 11.1 Å². The van der Waals surface area contributed by atoms with Crippen molar-refractivity contribution in [2.75, 3.05) is 26.9 Å². The van der Waals surface area contributed by atoms with Gasteiger partial charge in [0.1, 0.15) is 5.75 Å². The van der Waals surface area contributed by atoms with E-state index in [1.54, 1.807) is 36.1 Å². The Morgan fingerprint density at radius 3 is 2.28 bits per heavy atom. The van der Waals surface area contributed by atoms with E-state index in [-0.39, 0.29) is 37.9 Å². The Morgan fingerprint density at radius 1 is 1.00 bits per heavy atom. The summed E-state index contributed by atoms with van der Waals surface area (Å²) < 4.78 is 15.5. The second-order valence-corrected chi connectivity index (χ2v) is 7.06. The monoisotopic (exact) mass is 443 g/mol. The summed E-state index contributed by atoms with van der Waals surface area (Å²) in [4.78, 5) is 37.2. The van der Waals surface area contributed by atoms with Crippen molar-refractivity contribution in [2.45, 2.75) is 32.4 Å². The molecule has 32 heavy (non-hydrogen) atoms. The molecule has 0 bridgehead atoms. The molecule has 0 saturated heterocycles. The van der Waals surface area contributed by atoms with Gasteiger partial charge in [-0.3, -0.25) is 9.59 Å². The van der Waals surface area contributed by atoms with Crippen molar-refractivity contribution in [2.24, 2.45) is 0 Å². The molecular weight excluding hydrogens is 414 g/mol. The Bertz CT molecular complexity index is 868. The van der Waals surface area contributed by atoms with E-state index in [1.807, 2.05) is 30.3 Å². The van der Waals surface area contributed by atoms with E-state index >= 15 is 0 Å². The molecule has 2 aromatic rings. The molecule has 0 aliphatic heterocycles. The first-order valence-electron chi connectivity index (χ1n) is 10.4. The number of carboxylic acids is 1. The van der Waals surface area contributed by atoms with Crippen LogP contribution in [0.5, 0.6) is 5.75 Å². The van der Waals surface area contributed by atoms with E-state index < -0.39 is 12.1 Å². The Balaban J connectivity index is 1.95. The van der Waals surface area contributed by atoms with Crippen LogP contribution in [0, 0.1) is 0 Å². The highest BCUT2D eigenvalue weighted by molar-refractivity contribution is 5.78. The third kappa shape index (κ3) is 8.39. The largest absolute Gasteiger partial charge is 0.484 e. The maximum Gasteiger partial charge on any atom is 0.333 e. The highest BCUT2D eigenvalue weighted by Crippen LogP contribution is 2.15. The van der Waals surface area contributed by atoms with Crippen LogP contribution in [0.3, 0.4) is 0 Å². The summed E-state index contributed by atoms with van der Waals surface area (Å²) in [5, 5.41) is 9.08. The maximum atomic E-state index is 12.8. The quantitative estimate of drug-likeness (QED) is 0.475. The number of ether oxygens (including phenoxy) is 3. The molecule has 0 aliphatic carbocycles. The van der Waals surface area contributed by atoms with Crippen LogP contribution < -0.4 is 4.74 Å². The number of benzene rings is 2. The van der Waals surface area contributed by atoms with Gasteiger partial charge in [0, 0.05) is 26.6 Å². The van der Waals surface area contributed by atoms with Crippen molar-refractivity contribution >= 4 is 17.8 Å². The molecule has 0 heterocycles. The van der Waals surface area contributed by atoms with E-state index in [4.69, 9.17) is 19.3 Å². The third-order valence-electron chi connectivity index (χ3n) is 4.73. The van der Waals surface area contributed by atoms with Crippen LogP contribution >= 0.6 is 0 Å². The van der Waals surface area contributed by atoms with Gasteiger partial charge >= 0.3 is 11.9 Å². The number of carboxylic acid groups (broad SMARTS) is 1. The molecule has 1 N–H and O–H groups in total. The Morgan fingerprint density at radius 2 is 1.69 bits per heavy atom. The standard InChI is InChI=1S/C24H29NO7/c1-3-31-23(27)13-14-25(16-19-7-5-4-6-8-19)22(26)17-32-20-11-9-18(10-12-20)15-21(30-2)24(28)29/h4-12,21H,3,13-17H2,1-2H3,(H,28,29). The number of carbonyl (C=O) groups excluding carboxylic acids is 2. The van der Waals surface area contributed by atoms with Gasteiger partial charge < -0.3 is 24.2 Å². The predicted octanol–water partition coefficient (Wildman–Crippen LogP) is 2.69. The molecule has 172 valence electrons. The number of hydrogen-bond donors (Lipinski definition) is 1. The van der Waals surface area contributed by atoms with Crippen LogP contribution in [0.1, 0.15) is 24.5 Å². The van der Waals surface area contributed by atoms with Gasteiger partial charge in [-0.05, 0) is 30.2 Å².